The maximum atomic E-state index is 10.8. The van der Waals surface area contributed by atoms with Crippen LogP contribution in [0.1, 0.15) is 72.0 Å². The summed E-state index contributed by atoms with van der Waals surface area (Å²) in [5.41, 5.74) is 12.7. The summed E-state index contributed by atoms with van der Waals surface area (Å²) in [6, 6.07) is 41.5. The van der Waals surface area contributed by atoms with E-state index in [1.54, 1.807) is 15.5 Å². The molecule has 0 amide bonds. The number of hydrogen-bond donors (Lipinski definition) is 8. The molecule has 2 aliphatic heterocycles. The van der Waals surface area contributed by atoms with Crippen molar-refractivity contribution < 1.29 is 39.4 Å². The molecule has 2 saturated heterocycles. The third-order valence-electron chi connectivity index (χ3n) is 13.4. The number of nitrogens with one attached hydrogen (secondary N) is 3. The molecule has 394 valence electrons. The molecule has 0 saturated carbocycles. The molecule has 0 unspecified atom stereocenters. The van der Waals surface area contributed by atoms with Crippen LogP contribution in [-0.4, -0.2) is 143 Å². The van der Waals surface area contributed by atoms with E-state index in [1.165, 1.54) is 42.8 Å². The van der Waals surface area contributed by atoms with E-state index in [0.29, 0.717) is 65.2 Å². The van der Waals surface area contributed by atoms with Crippen molar-refractivity contribution in [2.45, 2.75) is 93.9 Å². The smallest absolute Gasteiger partial charge is 0.168 e. The lowest BCUT2D eigenvalue weighted by Crippen LogP contribution is -2.33. The predicted octanol–water partition coefficient (Wildman–Crippen LogP) is 4.63. The summed E-state index contributed by atoms with van der Waals surface area (Å²) in [6.45, 7) is 6.16. The van der Waals surface area contributed by atoms with Crippen molar-refractivity contribution in [3.63, 3.8) is 0 Å². The highest BCUT2D eigenvalue weighted by atomic mass is 16.6. The number of aliphatic hydroxyl groups is 4. The molecule has 0 aliphatic carbocycles. The van der Waals surface area contributed by atoms with Crippen LogP contribution in [0.25, 0.3) is 22.3 Å². The number of imidazole rings is 2. The van der Waals surface area contributed by atoms with Crippen LogP contribution in [-0.2, 0) is 32.0 Å². The van der Waals surface area contributed by atoms with E-state index in [1.807, 2.05) is 72.8 Å². The fourth-order valence-electron chi connectivity index (χ4n) is 9.52. The molecule has 10 rings (SSSR count). The number of fused-ring (bicyclic) bond motifs is 2. The Morgan fingerprint density at radius 3 is 1.28 bits per heavy atom. The second kappa shape index (κ2) is 24.7. The number of rotatable bonds is 20. The van der Waals surface area contributed by atoms with Gasteiger partial charge >= 0.3 is 0 Å². The van der Waals surface area contributed by atoms with Crippen LogP contribution in [0.5, 0.6) is 0 Å². The van der Waals surface area contributed by atoms with Crippen molar-refractivity contribution in [1.82, 2.24) is 44.4 Å². The van der Waals surface area contributed by atoms with Gasteiger partial charge in [-0.05, 0) is 22.3 Å². The first-order chi connectivity index (χ1) is 36.6. The quantitative estimate of drug-likeness (QED) is 0.0517. The molecule has 4 aromatic heterocycles. The summed E-state index contributed by atoms with van der Waals surface area (Å²) in [7, 11) is 3.04. The summed E-state index contributed by atoms with van der Waals surface area (Å²) < 4.78 is 25.4. The largest absolute Gasteiger partial charge is 0.387 e. The highest BCUT2D eigenvalue weighted by Crippen LogP contribution is 2.35. The van der Waals surface area contributed by atoms with E-state index in [2.05, 4.69) is 98.3 Å². The van der Waals surface area contributed by atoms with Gasteiger partial charge in [0.2, 0.25) is 0 Å². The van der Waals surface area contributed by atoms with Crippen molar-refractivity contribution in [1.29, 1.82) is 0 Å². The van der Waals surface area contributed by atoms with Crippen LogP contribution >= 0.6 is 0 Å². The van der Waals surface area contributed by atoms with Crippen molar-refractivity contribution in [2.24, 2.45) is 5.73 Å². The van der Waals surface area contributed by atoms with Crippen LogP contribution < -0.4 is 21.7 Å². The number of ether oxygens (including phenoxy) is 4. The van der Waals surface area contributed by atoms with Gasteiger partial charge in [-0.15, -0.1) is 0 Å². The lowest BCUT2D eigenvalue weighted by molar-refractivity contribution is -0.0580. The standard InChI is InChI=1S/C29H36N6O4.C26H30N6O4/c1-18(2)30-15-23-33-27(31-14-21(19-10-6-4-7-11-19)20-12-8-5-9-13-20)24-28(34-23)35(17-32-24)29-26(37)25(36)22(39-29)16-38-3;1-35-14-19-22(33)23(34)26(36-19)32-15-29-21-24(30-20(12-27)31-25(21)32)28-13-18(16-8-4-2-5-9-16)17-10-6-3-7-11-17/h4-13,17-18,21-22,25-26,29-30,36-37H,14-16H2,1-3H3,(H,31,33,34);2-11,15,18-19,22-23,26,33-34H,12-14,27H2,1H3,(H,28,30,31)/t22-,25-,26-,29-;19-,22-,23-,26-/m11/s1. The number of aliphatic hydroxyl groups excluding tert-OH is 4. The molecular formula is C55H66N12O8. The van der Waals surface area contributed by atoms with Gasteiger partial charge in [0.05, 0.1) is 39.0 Å². The predicted molar refractivity (Wildman–Crippen MR) is 283 cm³/mol. The second-order valence-corrected chi connectivity index (χ2v) is 18.9. The van der Waals surface area contributed by atoms with Gasteiger partial charge in [0.15, 0.2) is 46.4 Å². The summed E-state index contributed by atoms with van der Waals surface area (Å²) >= 11 is 0. The van der Waals surface area contributed by atoms with Gasteiger partial charge in [0.1, 0.15) is 48.3 Å². The van der Waals surface area contributed by atoms with Crippen molar-refractivity contribution in [2.75, 3.05) is 51.2 Å². The van der Waals surface area contributed by atoms with E-state index in [4.69, 9.17) is 34.6 Å². The van der Waals surface area contributed by atoms with Gasteiger partial charge < -0.3 is 61.1 Å². The first-order valence-corrected chi connectivity index (χ1v) is 25.2. The molecule has 8 atom stereocenters. The zero-order chi connectivity index (χ0) is 52.4. The zero-order valence-corrected chi connectivity index (χ0v) is 42.4. The summed E-state index contributed by atoms with van der Waals surface area (Å²) in [4.78, 5) is 27.9. The highest BCUT2D eigenvalue weighted by Gasteiger charge is 2.45. The lowest BCUT2D eigenvalue weighted by Gasteiger charge is -2.20. The number of nitrogens with zero attached hydrogens (tertiary/aromatic N) is 8. The van der Waals surface area contributed by atoms with E-state index >= 15 is 0 Å². The number of benzene rings is 4. The van der Waals surface area contributed by atoms with Crippen LogP contribution in [0.3, 0.4) is 0 Å². The Morgan fingerprint density at radius 2 is 0.920 bits per heavy atom. The van der Waals surface area contributed by atoms with E-state index in [9.17, 15) is 20.4 Å². The Kier molecular flexibility index (Phi) is 17.5. The Morgan fingerprint density at radius 1 is 0.547 bits per heavy atom. The van der Waals surface area contributed by atoms with Crippen LogP contribution in [0.4, 0.5) is 11.6 Å². The molecule has 0 radical (unpaired) electrons. The van der Waals surface area contributed by atoms with Gasteiger partial charge in [-0.2, -0.15) is 0 Å². The Balaban J connectivity index is 0.000000184. The van der Waals surface area contributed by atoms with Crippen molar-refractivity contribution in [3.05, 3.63) is 168 Å². The number of nitrogens with two attached hydrogens (primary N) is 1. The molecule has 2 fully saturated rings. The number of methoxy groups -OCH3 is 2. The second-order valence-electron chi connectivity index (χ2n) is 18.9. The molecule has 6 heterocycles. The van der Waals surface area contributed by atoms with Gasteiger partial charge in [-0.3, -0.25) is 9.13 Å². The molecule has 9 N–H and O–H groups in total. The minimum absolute atomic E-state index is 0.0748. The Hall–Kier alpha value is -6.82. The topological polar surface area (TPSA) is 267 Å². The third-order valence-corrected chi connectivity index (χ3v) is 13.4. The van der Waals surface area contributed by atoms with E-state index in [-0.39, 0.29) is 37.6 Å². The third kappa shape index (κ3) is 12.0. The molecule has 20 nitrogen and oxygen atoms in total. The van der Waals surface area contributed by atoms with Crippen molar-refractivity contribution in [3.8, 4) is 0 Å². The minimum atomic E-state index is -1.17. The van der Waals surface area contributed by atoms with Gasteiger partial charge in [0.25, 0.3) is 0 Å². The fourth-order valence-corrected chi connectivity index (χ4v) is 9.52. The van der Waals surface area contributed by atoms with Gasteiger partial charge in [0, 0.05) is 45.2 Å². The number of anilines is 2. The molecule has 20 heteroatoms. The van der Waals surface area contributed by atoms with Gasteiger partial charge in [-0.25, -0.2) is 29.9 Å². The normalized spacial score (nSPS) is 21.6. The Labute approximate surface area is 435 Å². The number of hydrogen-bond acceptors (Lipinski definition) is 18. The van der Waals surface area contributed by atoms with Crippen LogP contribution in [0, 0.1) is 0 Å². The Bertz CT molecular complexity index is 2970. The van der Waals surface area contributed by atoms with Crippen molar-refractivity contribution >= 4 is 34.0 Å². The first-order valence-electron chi connectivity index (χ1n) is 25.2. The fraction of sp³-hybridized carbons (Fsp3) is 0.382. The lowest BCUT2D eigenvalue weighted by atomic mass is 9.91. The van der Waals surface area contributed by atoms with Crippen LogP contribution in [0.15, 0.2) is 134 Å². The van der Waals surface area contributed by atoms with E-state index < -0.39 is 49.1 Å². The monoisotopic (exact) mass is 1020 g/mol. The zero-order valence-electron chi connectivity index (χ0n) is 42.4. The summed E-state index contributed by atoms with van der Waals surface area (Å²) in [5.74, 6) is 2.30. The average molecular weight is 1020 g/mol. The molecule has 2 aliphatic rings. The summed E-state index contributed by atoms with van der Waals surface area (Å²) in [5, 5.41) is 52.7. The van der Waals surface area contributed by atoms with Crippen LogP contribution in [0.2, 0.25) is 0 Å². The van der Waals surface area contributed by atoms with E-state index in [0.717, 1.165) is 0 Å². The molecule has 75 heavy (non-hydrogen) atoms. The van der Waals surface area contributed by atoms with Gasteiger partial charge in [-0.1, -0.05) is 135 Å². The molecule has 0 bridgehead atoms. The highest BCUT2D eigenvalue weighted by molar-refractivity contribution is 5.84. The maximum absolute atomic E-state index is 10.8. The SMILES string of the molecule is COC[C@H]1O[C@@H](n2cnc3c(NCC(c4ccccc4)c4ccccc4)nc(CN)nc32)[C@H](O)[C@@H]1O.COC[C@H]1O[C@@H](n2cnc3c(NCC(c4ccccc4)c4ccccc4)nc(CNC(C)C)nc32)[C@H](O)[C@@H]1O. The average Bonchev–Trinajstić information content (AvgIpc) is 4.21. The minimum Gasteiger partial charge on any atom is -0.387 e. The number of aromatic nitrogens is 8. The molecule has 0 spiro atoms. The first kappa shape index (κ1) is 53.0. The molecule has 8 aromatic rings. The summed E-state index contributed by atoms with van der Waals surface area (Å²) in [6.07, 6.45) is -4.48. The maximum Gasteiger partial charge on any atom is 0.168 e. The molecule has 4 aromatic carbocycles. The molecular weight excluding hydrogens is 957 g/mol.